The number of rotatable bonds is 4. The SMILES string of the molecule is CCCCc1ccc(N2CCCNC(C)CC2)cc1. The third-order valence-electron chi connectivity index (χ3n) is 4.05. The standard InChI is InChI=1S/C17H28N2/c1-3-4-6-16-7-9-17(10-8-16)19-13-5-12-18-15(2)11-14-19/h7-10,15,18H,3-6,11-14H2,1-2H3. The molecule has 1 heterocycles. The number of benzene rings is 1. The van der Waals surface area contributed by atoms with Crippen molar-refractivity contribution in [1.29, 1.82) is 0 Å². The van der Waals surface area contributed by atoms with Crippen LogP contribution in [0.4, 0.5) is 5.69 Å². The highest BCUT2D eigenvalue weighted by atomic mass is 15.1. The fraction of sp³-hybridized carbons (Fsp3) is 0.647. The highest BCUT2D eigenvalue weighted by Crippen LogP contribution is 2.18. The second-order valence-electron chi connectivity index (χ2n) is 5.75. The maximum absolute atomic E-state index is 3.56. The van der Waals surface area contributed by atoms with E-state index < -0.39 is 0 Å². The monoisotopic (exact) mass is 260 g/mol. The van der Waals surface area contributed by atoms with Gasteiger partial charge in [0.05, 0.1) is 0 Å². The molecule has 1 aromatic rings. The fourth-order valence-electron chi connectivity index (χ4n) is 2.69. The van der Waals surface area contributed by atoms with Gasteiger partial charge in [0, 0.05) is 24.8 Å². The molecule has 0 aliphatic carbocycles. The van der Waals surface area contributed by atoms with Gasteiger partial charge in [0.25, 0.3) is 0 Å². The smallest absolute Gasteiger partial charge is 0.0366 e. The molecule has 2 nitrogen and oxygen atoms in total. The summed E-state index contributed by atoms with van der Waals surface area (Å²) in [6.45, 7) is 8.03. The molecule has 1 aliphatic rings. The molecule has 2 heteroatoms. The molecule has 1 saturated heterocycles. The third kappa shape index (κ3) is 4.54. The Morgan fingerprint density at radius 2 is 2.00 bits per heavy atom. The van der Waals surface area contributed by atoms with Crippen molar-refractivity contribution in [3.8, 4) is 0 Å². The first kappa shape index (κ1) is 14.4. The van der Waals surface area contributed by atoms with Crippen molar-refractivity contribution >= 4 is 5.69 Å². The summed E-state index contributed by atoms with van der Waals surface area (Å²) in [6.07, 6.45) is 6.27. The summed E-state index contributed by atoms with van der Waals surface area (Å²) in [4.78, 5) is 2.54. The van der Waals surface area contributed by atoms with Crippen LogP contribution < -0.4 is 10.2 Å². The lowest BCUT2D eigenvalue weighted by Gasteiger charge is -2.29. The van der Waals surface area contributed by atoms with Gasteiger partial charge in [-0.1, -0.05) is 25.5 Å². The molecule has 0 aromatic heterocycles. The molecular weight excluding hydrogens is 232 g/mol. The van der Waals surface area contributed by atoms with Crippen molar-refractivity contribution < 1.29 is 0 Å². The highest BCUT2D eigenvalue weighted by molar-refractivity contribution is 5.47. The topological polar surface area (TPSA) is 15.3 Å². The molecule has 0 saturated carbocycles. The Kier molecular flexibility index (Phi) is 5.71. The van der Waals surface area contributed by atoms with E-state index in [2.05, 4.69) is 48.3 Å². The van der Waals surface area contributed by atoms with E-state index in [0.717, 1.165) is 6.54 Å². The van der Waals surface area contributed by atoms with Crippen LogP contribution >= 0.6 is 0 Å². The second kappa shape index (κ2) is 7.54. The molecule has 0 radical (unpaired) electrons. The van der Waals surface area contributed by atoms with Crippen molar-refractivity contribution in [2.45, 2.75) is 52.0 Å². The Balaban J connectivity index is 1.95. The van der Waals surface area contributed by atoms with Crippen LogP contribution in [0.2, 0.25) is 0 Å². The first-order valence-electron chi connectivity index (χ1n) is 7.87. The Hall–Kier alpha value is -1.02. The summed E-state index contributed by atoms with van der Waals surface area (Å²) in [7, 11) is 0. The lowest BCUT2D eigenvalue weighted by Crippen LogP contribution is -2.38. The van der Waals surface area contributed by atoms with Gasteiger partial charge in [-0.05, 0) is 56.8 Å². The van der Waals surface area contributed by atoms with E-state index in [4.69, 9.17) is 0 Å². The molecule has 106 valence electrons. The van der Waals surface area contributed by atoms with Crippen LogP contribution in [0.5, 0.6) is 0 Å². The molecule has 1 atom stereocenters. The minimum Gasteiger partial charge on any atom is -0.371 e. The lowest BCUT2D eigenvalue weighted by molar-refractivity contribution is 0.475. The zero-order valence-corrected chi connectivity index (χ0v) is 12.5. The van der Waals surface area contributed by atoms with Crippen molar-refractivity contribution in [2.24, 2.45) is 0 Å². The quantitative estimate of drug-likeness (QED) is 0.889. The van der Waals surface area contributed by atoms with Crippen LogP contribution in [0.25, 0.3) is 0 Å². The van der Waals surface area contributed by atoms with Gasteiger partial charge in [0.2, 0.25) is 0 Å². The van der Waals surface area contributed by atoms with Gasteiger partial charge in [-0.3, -0.25) is 0 Å². The van der Waals surface area contributed by atoms with Crippen molar-refractivity contribution in [2.75, 3.05) is 24.5 Å². The summed E-state index contributed by atoms with van der Waals surface area (Å²) in [5.41, 5.74) is 2.88. The highest BCUT2D eigenvalue weighted by Gasteiger charge is 2.12. The largest absolute Gasteiger partial charge is 0.371 e. The Morgan fingerprint density at radius 1 is 1.21 bits per heavy atom. The number of aryl methyl sites for hydroxylation is 1. The average Bonchev–Trinajstić information content (AvgIpc) is 2.42. The summed E-state index contributed by atoms with van der Waals surface area (Å²) >= 11 is 0. The maximum Gasteiger partial charge on any atom is 0.0366 e. The molecule has 1 N–H and O–H groups in total. The number of unbranched alkanes of at least 4 members (excludes halogenated alkanes) is 1. The molecule has 2 rings (SSSR count). The van der Waals surface area contributed by atoms with Crippen LogP contribution in [0.15, 0.2) is 24.3 Å². The van der Waals surface area contributed by atoms with E-state index in [9.17, 15) is 0 Å². The first-order chi connectivity index (χ1) is 9.29. The van der Waals surface area contributed by atoms with E-state index in [1.165, 1.54) is 56.4 Å². The predicted octanol–water partition coefficient (Wildman–Crippen LogP) is 3.61. The normalized spacial score (nSPS) is 20.9. The molecule has 19 heavy (non-hydrogen) atoms. The van der Waals surface area contributed by atoms with Crippen molar-refractivity contribution in [3.05, 3.63) is 29.8 Å². The number of nitrogens with zero attached hydrogens (tertiary/aromatic N) is 1. The molecule has 1 aliphatic heterocycles. The molecule has 1 unspecified atom stereocenters. The van der Waals surface area contributed by atoms with Crippen molar-refractivity contribution in [1.82, 2.24) is 5.32 Å². The zero-order valence-electron chi connectivity index (χ0n) is 12.5. The van der Waals surface area contributed by atoms with Crippen molar-refractivity contribution in [3.63, 3.8) is 0 Å². The van der Waals surface area contributed by atoms with Crippen LogP contribution in [0, 0.1) is 0 Å². The molecule has 0 spiro atoms. The van der Waals surface area contributed by atoms with E-state index >= 15 is 0 Å². The Labute approximate surface area is 118 Å². The van der Waals surface area contributed by atoms with Gasteiger partial charge in [-0.2, -0.15) is 0 Å². The lowest BCUT2D eigenvalue weighted by atomic mass is 10.1. The summed E-state index contributed by atoms with van der Waals surface area (Å²) in [5.74, 6) is 0. The molecule has 1 aromatic carbocycles. The summed E-state index contributed by atoms with van der Waals surface area (Å²) < 4.78 is 0. The van der Waals surface area contributed by atoms with E-state index in [0.29, 0.717) is 6.04 Å². The number of hydrogen-bond donors (Lipinski definition) is 1. The van der Waals surface area contributed by atoms with Gasteiger partial charge in [0.15, 0.2) is 0 Å². The molecular formula is C17H28N2. The molecule has 1 fully saturated rings. The molecule has 0 amide bonds. The maximum atomic E-state index is 3.56. The molecule has 0 bridgehead atoms. The summed E-state index contributed by atoms with van der Waals surface area (Å²) in [5, 5.41) is 3.56. The van der Waals surface area contributed by atoms with Crippen LogP contribution in [0.1, 0.15) is 45.1 Å². The predicted molar refractivity (Wildman–Crippen MR) is 84.0 cm³/mol. The minimum atomic E-state index is 0.645. The van der Waals surface area contributed by atoms with E-state index in [-0.39, 0.29) is 0 Å². The van der Waals surface area contributed by atoms with E-state index in [1.807, 2.05) is 0 Å². The van der Waals surface area contributed by atoms with Gasteiger partial charge in [0.1, 0.15) is 0 Å². The Morgan fingerprint density at radius 3 is 2.74 bits per heavy atom. The number of nitrogens with one attached hydrogen (secondary N) is 1. The van der Waals surface area contributed by atoms with Gasteiger partial charge in [-0.25, -0.2) is 0 Å². The fourth-order valence-corrected chi connectivity index (χ4v) is 2.69. The van der Waals surface area contributed by atoms with Crippen LogP contribution in [-0.2, 0) is 6.42 Å². The number of anilines is 1. The summed E-state index contributed by atoms with van der Waals surface area (Å²) in [6, 6.07) is 9.89. The van der Waals surface area contributed by atoms with Crippen LogP contribution in [-0.4, -0.2) is 25.7 Å². The van der Waals surface area contributed by atoms with Crippen LogP contribution in [0.3, 0.4) is 0 Å². The first-order valence-corrected chi connectivity index (χ1v) is 7.87. The Bertz CT molecular complexity index is 358. The minimum absolute atomic E-state index is 0.645. The number of hydrogen-bond acceptors (Lipinski definition) is 2. The average molecular weight is 260 g/mol. The van der Waals surface area contributed by atoms with Gasteiger partial charge in [-0.15, -0.1) is 0 Å². The van der Waals surface area contributed by atoms with Gasteiger partial charge >= 0.3 is 0 Å². The second-order valence-corrected chi connectivity index (χ2v) is 5.75. The zero-order chi connectivity index (χ0) is 13.5. The third-order valence-corrected chi connectivity index (χ3v) is 4.05. The van der Waals surface area contributed by atoms with E-state index in [1.54, 1.807) is 0 Å². The van der Waals surface area contributed by atoms with Gasteiger partial charge < -0.3 is 10.2 Å².